The summed E-state index contributed by atoms with van der Waals surface area (Å²) in [5.41, 5.74) is 1.75. The molecule has 1 saturated heterocycles. The lowest BCUT2D eigenvalue weighted by atomic mass is 10.2. The number of anilines is 1. The van der Waals surface area contributed by atoms with E-state index in [1.807, 2.05) is 24.3 Å². The molecule has 1 aliphatic heterocycles. The molecule has 3 rings (SSSR count). The van der Waals surface area contributed by atoms with Gasteiger partial charge < -0.3 is 14.2 Å². The molecule has 0 aliphatic carbocycles. The van der Waals surface area contributed by atoms with Gasteiger partial charge in [0.2, 0.25) is 0 Å². The first-order valence-corrected chi connectivity index (χ1v) is 6.91. The summed E-state index contributed by atoms with van der Waals surface area (Å²) in [6.07, 6.45) is 2.35. The third-order valence-electron chi connectivity index (χ3n) is 3.69. The van der Waals surface area contributed by atoms with E-state index in [-0.39, 0.29) is 5.91 Å². The molecule has 0 N–H and O–H groups in total. The maximum Gasteiger partial charge on any atom is 0.289 e. The van der Waals surface area contributed by atoms with E-state index in [1.54, 1.807) is 17.0 Å². The lowest BCUT2D eigenvalue weighted by Crippen LogP contribution is -2.48. The smallest absolute Gasteiger partial charge is 0.289 e. The van der Waals surface area contributed by atoms with E-state index in [1.165, 1.54) is 6.26 Å². The Bertz CT molecular complexity index is 611. The van der Waals surface area contributed by atoms with Crippen LogP contribution in [-0.2, 0) is 0 Å². The summed E-state index contributed by atoms with van der Waals surface area (Å²) < 4.78 is 5.15. The molecule has 1 aromatic heterocycles. The van der Waals surface area contributed by atoms with Crippen LogP contribution in [0.5, 0.6) is 0 Å². The van der Waals surface area contributed by atoms with E-state index in [9.17, 15) is 9.59 Å². The number of carbonyl (C=O) groups excluding carboxylic acids is 2. The second-order valence-corrected chi connectivity index (χ2v) is 4.97. The van der Waals surface area contributed by atoms with E-state index in [0.29, 0.717) is 24.4 Å². The van der Waals surface area contributed by atoms with Gasteiger partial charge >= 0.3 is 0 Å². The minimum absolute atomic E-state index is 0.0593. The maximum atomic E-state index is 12.2. The summed E-state index contributed by atoms with van der Waals surface area (Å²) in [7, 11) is 0. The molecule has 2 aromatic rings. The van der Waals surface area contributed by atoms with Crippen molar-refractivity contribution < 1.29 is 14.0 Å². The molecule has 0 spiro atoms. The molecule has 1 aliphatic rings. The summed E-state index contributed by atoms with van der Waals surface area (Å²) in [5.74, 6) is 0.328. The van der Waals surface area contributed by atoms with Gasteiger partial charge in [-0.1, -0.05) is 0 Å². The van der Waals surface area contributed by atoms with Crippen molar-refractivity contribution in [2.75, 3.05) is 31.1 Å². The highest BCUT2D eigenvalue weighted by atomic mass is 16.3. The predicted molar refractivity (Wildman–Crippen MR) is 78.7 cm³/mol. The molecule has 108 valence electrons. The van der Waals surface area contributed by atoms with Crippen LogP contribution in [0, 0.1) is 0 Å². The summed E-state index contributed by atoms with van der Waals surface area (Å²) in [6, 6.07) is 10.9. The summed E-state index contributed by atoms with van der Waals surface area (Å²) in [5, 5.41) is 0. The largest absolute Gasteiger partial charge is 0.459 e. The highest BCUT2D eigenvalue weighted by Gasteiger charge is 2.23. The van der Waals surface area contributed by atoms with E-state index >= 15 is 0 Å². The predicted octanol–water partition coefficient (Wildman–Crippen LogP) is 2.05. The van der Waals surface area contributed by atoms with Crippen molar-refractivity contribution in [3.05, 3.63) is 54.0 Å². The molecule has 21 heavy (non-hydrogen) atoms. The molecule has 0 unspecified atom stereocenters. The van der Waals surface area contributed by atoms with Crippen LogP contribution in [0.25, 0.3) is 0 Å². The SMILES string of the molecule is O=Cc1ccc(N2CCN(C(=O)c3ccco3)CC2)cc1. The van der Waals surface area contributed by atoms with Crippen molar-refractivity contribution >= 4 is 17.9 Å². The Morgan fingerprint density at radius 1 is 1.05 bits per heavy atom. The Morgan fingerprint density at radius 3 is 2.33 bits per heavy atom. The molecule has 1 aromatic carbocycles. The molecule has 0 atom stereocenters. The fourth-order valence-corrected chi connectivity index (χ4v) is 2.49. The average molecular weight is 284 g/mol. The number of aldehydes is 1. The van der Waals surface area contributed by atoms with Crippen LogP contribution in [0.2, 0.25) is 0 Å². The number of furan rings is 1. The third kappa shape index (κ3) is 2.81. The van der Waals surface area contributed by atoms with Crippen LogP contribution in [0.15, 0.2) is 47.1 Å². The van der Waals surface area contributed by atoms with Crippen LogP contribution >= 0.6 is 0 Å². The fraction of sp³-hybridized carbons (Fsp3) is 0.250. The molecule has 0 radical (unpaired) electrons. The number of rotatable bonds is 3. The van der Waals surface area contributed by atoms with Crippen molar-refractivity contribution in [2.45, 2.75) is 0 Å². The zero-order valence-electron chi connectivity index (χ0n) is 11.6. The number of carbonyl (C=O) groups is 2. The van der Waals surface area contributed by atoms with Crippen LogP contribution in [-0.4, -0.2) is 43.3 Å². The van der Waals surface area contributed by atoms with Gasteiger partial charge in [-0.25, -0.2) is 0 Å². The molecular formula is C16H16N2O3. The van der Waals surface area contributed by atoms with Crippen molar-refractivity contribution in [2.24, 2.45) is 0 Å². The molecule has 5 nitrogen and oxygen atoms in total. The average Bonchev–Trinajstić information content (AvgIpc) is 3.09. The van der Waals surface area contributed by atoms with E-state index in [2.05, 4.69) is 4.90 Å². The van der Waals surface area contributed by atoms with Crippen LogP contribution in [0.3, 0.4) is 0 Å². The molecule has 1 amide bonds. The molecule has 2 heterocycles. The first kappa shape index (κ1) is 13.4. The molecule has 5 heteroatoms. The molecule has 1 fully saturated rings. The zero-order valence-corrected chi connectivity index (χ0v) is 11.6. The van der Waals surface area contributed by atoms with Gasteiger partial charge in [0.25, 0.3) is 5.91 Å². The van der Waals surface area contributed by atoms with Gasteiger partial charge in [-0.15, -0.1) is 0 Å². The van der Waals surface area contributed by atoms with E-state index < -0.39 is 0 Å². The standard InChI is InChI=1S/C16H16N2O3/c19-12-13-3-5-14(6-4-13)17-7-9-18(10-8-17)16(20)15-2-1-11-21-15/h1-6,11-12H,7-10H2. The van der Waals surface area contributed by atoms with E-state index in [4.69, 9.17) is 4.42 Å². The normalized spacial score (nSPS) is 15.0. The van der Waals surface area contributed by atoms with Gasteiger partial charge in [0.05, 0.1) is 6.26 Å². The Morgan fingerprint density at radius 2 is 1.76 bits per heavy atom. The number of amides is 1. The van der Waals surface area contributed by atoms with Crippen molar-refractivity contribution in [3.8, 4) is 0 Å². The Hall–Kier alpha value is -2.56. The highest BCUT2D eigenvalue weighted by Crippen LogP contribution is 2.18. The minimum atomic E-state index is -0.0593. The second-order valence-electron chi connectivity index (χ2n) is 4.97. The second kappa shape index (κ2) is 5.83. The van der Waals surface area contributed by atoms with Gasteiger partial charge in [-0.05, 0) is 36.4 Å². The monoisotopic (exact) mass is 284 g/mol. The lowest BCUT2D eigenvalue weighted by Gasteiger charge is -2.35. The fourth-order valence-electron chi connectivity index (χ4n) is 2.49. The van der Waals surface area contributed by atoms with Gasteiger partial charge in [0.15, 0.2) is 5.76 Å². The van der Waals surface area contributed by atoms with Crippen LogP contribution in [0.1, 0.15) is 20.9 Å². The number of piperazine rings is 1. The topological polar surface area (TPSA) is 53.8 Å². The highest BCUT2D eigenvalue weighted by molar-refractivity contribution is 5.91. The number of benzene rings is 1. The van der Waals surface area contributed by atoms with Crippen LogP contribution < -0.4 is 4.90 Å². The zero-order chi connectivity index (χ0) is 14.7. The first-order chi connectivity index (χ1) is 10.3. The van der Waals surface area contributed by atoms with Gasteiger partial charge in [-0.2, -0.15) is 0 Å². The van der Waals surface area contributed by atoms with Crippen molar-refractivity contribution in [1.82, 2.24) is 4.90 Å². The van der Waals surface area contributed by atoms with Crippen LogP contribution in [0.4, 0.5) is 5.69 Å². The van der Waals surface area contributed by atoms with Gasteiger partial charge in [0, 0.05) is 37.4 Å². The van der Waals surface area contributed by atoms with Gasteiger partial charge in [-0.3, -0.25) is 9.59 Å². The summed E-state index contributed by atoms with van der Waals surface area (Å²) in [6.45, 7) is 2.86. The number of hydrogen-bond donors (Lipinski definition) is 0. The third-order valence-corrected chi connectivity index (χ3v) is 3.69. The Kier molecular flexibility index (Phi) is 3.73. The minimum Gasteiger partial charge on any atom is -0.459 e. The first-order valence-electron chi connectivity index (χ1n) is 6.91. The quantitative estimate of drug-likeness (QED) is 0.810. The number of hydrogen-bond acceptors (Lipinski definition) is 4. The Balaban J connectivity index is 1.62. The molecule has 0 saturated carbocycles. The van der Waals surface area contributed by atoms with Gasteiger partial charge in [0.1, 0.15) is 6.29 Å². The van der Waals surface area contributed by atoms with E-state index in [0.717, 1.165) is 25.1 Å². The van der Waals surface area contributed by atoms with Crippen molar-refractivity contribution in [1.29, 1.82) is 0 Å². The molecular weight excluding hydrogens is 268 g/mol. The molecule has 0 bridgehead atoms. The maximum absolute atomic E-state index is 12.2. The summed E-state index contributed by atoms with van der Waals surface area (Å²) >= 11 is 0. The lowest BCUT2D eigenvalue weighted by molar-refractivity contribution is 0.0714. The summed E-state index contributed by atoms with van der Waals surface area (Å²) in [4.78, 5) is 26.8. The Labute approximate surface area is 122 Å². The van der Waals surface area contributed by atoms with Crippen molar-refractivity contribution in [3.63, 3.8) is 0 Å². The number of nitrogens with zero attached hydrogens (tertiary/aromatic N) is 2.